The molecule has 0 aliphatic heterocycles. The molecule has 0 spiro atoms. The molecule has 0 unspecified atom stereocenters. The molecule has 0 atom stereocenters. The molecule has 0 aromatic heterocycles. The van der Waals surface area contributed by atoms with Gasteiger partial charge in [-0.05, 0) is 47.0 Å². The summed E-state index contributed by atoms with van der Waals surface area (Å²) in [6, 6.07) is 22.0. The van der Waals surface area contributed by atoms with E-state index in [-0.39, 0.29) is 22.2 Å². The molecule has 1 amide bonds. The Morgan fingerprint density at radius 2 is 1.69 bits per heavy atom. The molecule has 162 valence electrons. The zero-order chi connectivity index (χ0) is 22.9. The number of hydrogen-bond donors (Lipinski definition) is 1. The molecule has 0 radical (unpaired) electrons. The van der Waals surface area contributed by atoms with Crippen molar-refractivity contribution in [2.75, 3.05) is 7.11 Å². The van der Waals surface area contributed by atoms with Crippen LogP contribution in [-0.2, 0) is 17.9 Å². The zero-order valence-electron chi connectivity index (χ0n) is 17.3. The van der Waals surface area contributed by atoms with E-state index >= 15 is 0 Å². The fourth-order valence-corrected chi connectivity index (χ4v) is 3.48. The number of rotatable bonds is 8. The van der Waals surface area contributed by atoms with Gasteiger partial charge in [0.2, 0.25) is 0 Å². The lowest BCUT2D eigenvalue weighted by atomic mass is 10.1. The number of nitrogens with one attached hydrogen (secondary N) is 1. The highest BCUT2D eigenvalue weighted by Crippen LogP contribution is 2.35. The molecule has 3 aromatic rings. The summed E-state index contributed by atoms with van der Waals surface area (Å²) in [5.74, 6) is 0.569. The molecular weight excluding hydrogens is 447 g/mol. The normalized spacial score (nSPS) is 10.9. The molecule has 3 rings (SSSR count). The maximum Gasteiger partial charge on any atom is 0.262 e. The van der Waals surface area contributed by atoms with Gasteiger partial charge in [0.15, 0.2) is 5.75 Å². The number of ether oxygens (including phenoxy) is 2. The quantitative estimate of drug-likeness (QED) is 0.336. The molecule has 0 saturated heterocycles. The Labute approximate surface area is 196 Å². The van der Waals surface area contributed by atoms with Crippen molar-refractivity contribution < 1.29 is 14.3 Å². The molecule has 0 aliphatic carbocycles. The summed E-state index contributed by atoms with van der Waals surface area (Å²) in [5.41, 5.74) is 2.30. The van der Waals surface area contributed by atoms with Gasteiger partial charge in [-0.2, -0.15) is 5.26 Å². The number of carbonyl (C=O) groups excluding carboxylic acids is 1. The van der Waals surface area contributed by atoms with Crippen LogP contribution in [0.3, 0.4) is 0 Å². The minimum absolute atomic E-state index is 0.0661. The van der Waals surface area contributed by atoms with Crippen LogP contribution in [0, 0.1) is 11.3 Å². The van der Waals surface area contributed by atoms with Crippen molar-refractivity contribution in [2.45, 2.75) is 13.2 Å². The van der Waals surface area contributed by atoms with Crippen LogP contribution in [0.4, 0.5) is 0 Å². The average molecular weight is 467 g/mol. The molecule has 3 aromatic carbocycles. The third-order valence-electron chi connectivity index (χ3n) is 4.53. The Balaban J connectivity index is 1.68. The fraction of sp³-hybridized carbons (Fsp3) is 0.120. The lowest BCUT2D eigenvalue weighted by Crippen LogP contribution is -2.23. The van der Waals surface area contributed by atoms with E-state index in [2.05, 4.69) is 5.32 Å². The second-order valence-corrected chi connectivity index (χ2v) is 7.60. The van der Waals surface area contributed by atoms with Crippen molar-refractivity contribution >= 4 is 35.2 Å². The van der Waals surface area contributed by atoms with Gasteiger partial charge in [-0.25, -0.2) is 0 Å². The Hall–Kier alpha value is -3.46. The topological polar surface area (TPSA) is 71.3 Å². The maximum atomic E-state index is 12.5. The highest BCUT2D eigenvalue weighted by atomic mass is 35.5. The van der Waals surface area contributed by atoms with E-state index in [1.807, 2.05) is 48.5 Å². The van der Waals surface area contributed by atoms with Crippen LogP contribution in [-0.4, -0.2) is 13.0 Å². The predicted octanol–water partition coefficient (Wildman–Crippen LogP) is 5.80. The molecule has 0 bridgehead atoms. The summed E-state index contributed by atoms with van der Waals surface area (Å²) in [4.78, 5) is 12.5. The molecular formula is C25H20Cl2N2O3. The van der Waals surface area contributed by atoms with Crippen LogP contribution in [0.5, 0.6) is 11.5 Å². The van der Waals surface area contributed by atoms with Gasteiger partial charge >= 0.3 is 0 Å². The summed E-state index contributed by atoms with van der Waals surface area (Å²) in [5, 5.41) is 12.7. The maximum absolute atomic E-state index is 12.5. The number of amides is 1. The highest BCUT2D eigenvalue weighted by Gasteiger charge is 2.13. The summed E-state index contributed by atoms with van der Waals surface area (Å²) >= 11 is 12.7. The number of halogens is 2. The number of carbonyl (C=O) groups is 1. The van der Waals surface area contributed by atoms with Gasteiger partial charge < -0.3 is 14.8 Å². The van der Waals surface area contributed by atoms with Crippen LogP contribution in [0.1, 0.15) is 16.7 Å². The van der Waals surface area contributed by atoms with E-state index in [1.54, 1.807) is 31.4 Å². The van der Waals surface area contributed by atoms with Crippen LogP contribution in [0.15, 0.2) is 72.3 Å². The molecule has 5 nitrogen and oxygen atoms in total. The van der Waals surface area contributed by atoms with Crippen molar-refractivity contribution in [1.29, 1.82) is 5.26 Å². The number of nitrogens with zero attached hydrogens (tertiary/aromatic N) is 1. The molecule has 1 N–H and O–H groups in total. The summed E-state index contributed by atoms with van der Waals surface area (Å²) in [6.45, 7) is 0.586. The van der Waals surface area contributed by atoms with Crippen molar-refractivity contribution in [3.8, 4) is 17.6 Å². The Morgan fingerprint density at radius 3 is 2.28 bits per heavy atom. The van der Waals surface area contributed by atoms with Crippen LogP contribution < -0.4 is 14.8 Å². The van der Waals surface area contributed by atoms with Crippen LogP contribution in [0.2, 0.25) is 10.0 Å². The van der Waals surface area contributed by atoms with Gasteiger partial charge in [-0.1, -0.05) is 65.7 Å². The largest absolute Gasteiger partial charge is 0.497 e. The van der Waals surface area contributed by atoms with Gasteiger partial charge in [-0.15, -0.1) is 0 Å². The minimum atomic E-state index is -0.500. The minimum Gasteiger partial charge on any atom is -0.497 e. The second kappa shape index (κ2) is 11.2. The van der Waals surface area contributed by atoms with Crippen molar-refractivity contribution in [3.63, 3.8) is 0 Å². The van der Waals surface area contributed by atoms with Crippen molar-refractivity contribution in [2.24, 2.45) is 0 Å². The average Bonchev–Trinajstić information content (AvgIpc) is 2.81. The first-order valence-electron chi connectivity index (χ1n) is 9.69. The van der Waals surface area contributed by atoms with Crippen LogP contribution in [0.25, 0.3) is 6.08 Å². The van der Waals surface area contributed by atoms with Crippen LogP contribution >= 0.6 is 23.2 Å². The molecule has 7 heteroatoms. The van der Waals surface area contributed by atoms with E-state index in [1.165, 1.54) is 6.08 Å². The lowest BCUT2D eigenvalue weighted by Gasteiger charge is -2.11. The van der Waals surface area contributed by atoms with Gasteiger partial charge in [0.25, 0.3) is 5.91 Å². The Kier molecular flexibility index (Phi) is 8.15. The lowest BCUT2D eigenvalue weighted by molar-refractivity contribution is -0.117. The smallest absolute Gasteiger partial charge is 0.262 e. The zero-order valence-corrected chi connectivity index (χ0v) is 18.8. The third-order valence-corrected chi connectivity index (χ3v) is 5.10. The predicted molar refractivity (Wildman–Crippen MR) is 126 cm³/mol. The molecule has 0 aliphatic rings. The van der Waals surface area contributed by atoms with Gasteiger partial charge in [0.1, 0.15) is 24.0 Å². The summed E-state index contributed by atoms with van der Waals surface area (Å²) in [6.07, 6.45) is 1.43. The standard InChI is InChI=1S/C25H20Cl2N2O3/c1-31-21-9-7-17(8-10-21)15-29-25(30)20(14-28)11-19-12-22(26)24(23(27)13-19)32-16-18-5-3-2-4-6-18/h2-13H,15-16H2,1H3,(H,29,30)/b20-11-. The first-order valence-corrected chi connectivity index (χ1v) is 10.4. The van der Waals surface area contributed by atoms with E-state index in [0.29, 0.717) is 17.9 Å². The first kappa shape index (κ1) is 23.2. The summed E-state index contributed by atoms with van der Waals surface area (Å²) < 4.78 is 10.9. The van der Waals surface area contributed by atoms with Gasteiger partial charge in [-0.3, -0.25) is 4.79 Å². The van der Waals surface area contributed by atoms with Gasteiger partial charge in [0, 0.05) is 6.54 Å². The number of hydrogen-bond acceptors (Lipinski definition) is 4. The highest BCUT2D eigenvalue weighted by molar-refractivity contribution is 6.37. The molecule has 0 heterocycles. The van der Waals surface area contributed by atoms with E-state index in [4.69, 9.17) is 32.7 Å². The van der Waals surface area contributed by atoms with E-state index < -0.39 is 5.91 Å². The molecule has 32 heavy (non-hydrogen) atoms. The van der Waals surface area contributed by atoms with E-state index in [9.17, 15) is 10.1 Å². The second-order valence-electron chi connectivity index (χ2n) is 6.79. The monoisotopic (exact) mass is 466 g/mol. The number of methoxy groups -OCH3 is 1. The van der Waals surface area contributed by atoms with Gasteiger partial charge in [0.05, 0.1) is 17.2 Å². The summed E-state index contributed by atoms with van der Waals surface area (Å²) in [7, 11) is 1.58. The third kappa shape index (κ3) is 6.27. The fourth-order valence-electron chi connectivity index (χ4n) is 2.87. The number of nitriles is 1. The molecule has 0 saturated carbocycles. The number of benzene rings is 3. The van der Waals surface area contributed by atoms with Crippen molar-refractivity contribution in [1.82, 2.24) is 5.32 Å². The Morgan fingerprint density at radius 1 is 1.03 bits per heavy atom. The van der Waals surface area contributed by atoms with Crippen molar-refractivity contribution in [3.05, 3.63) is 99.0 Å². The first-order chi connectivity index (χ1) is 15.5. The van der Waals surface area contributed by atoms with E-state index in [0.717, 1.165) is 16.9 Å². The Bertz CT molecular complexity index is 1130. The SMILES string of the molecule is COc1ccc(CNC(=O)/C(C#N)=C\c2cc(Cl)c(OCc3ccccc3)c(Cl)c2)cc1. The molecule has 0 fully saturated rings.